The molecule has 0 fully saturated rings. The summed E-state index contributed by atoms with van der Waals surface area (Å²) in [7, 11) is -3.65. The molecule has 0 spiro atoms. The van der Waals surface area contributed by atoms with Gasteiger partial charge in [0.05, 0.1) is 5.75 Å². The lowest BCUT2D eigenvalue weighted by Gasteiger charge is -2.07. The molecule has 0 saturated carbocycles. The van der Waals surface area contributed by atoms with Crippen LogP contribution in [-0.2, 0) is 15.8 Å². The summed E-state index contributed by atoms with van der Waals surface area (Å²) in [4.78, 5) is 0. The number of phenols is 1. The van der Waals surface area contributed by atoms with E-state index in [-0.39, 0.29) is 11.5 Å². The van der Waals surface area contributed by atoms with E-state index in [2.05, 4.69) is 0 Å². The number of aromatic hydroxyl groups is 1. The predicted octanol–water partition coefficient (Wildman–Crippen LogP) is 1.33. The fourth-order valence-corrected chi connectivity index (χ4v) is 2.38. The van der Waals surface area contributed by atoms with Gasteiger partial charge in [0.1, 0.15) is 5.75 Å². The molecule has 0 saturated heterocycles. The van der Waals surface area contributed by atoms with Crippen molar-refractivity contribution in [3.05, 3.63) is 42.0 Å². The Hall–Kier alpha value is -1.59. The van der Waals surface area contributed by atoms with Gasteiger partial charge in [-0.15, -0.1) is 0 Å². The van der Waals surface area contributed by atoms with Crippen LogP contribution in [0.25, 0.3) is 10.8 Å². The van der Waals surface area contributed by atoms with Crippen LogP contribution in [0.5, 0.6) is 5.75 Å². The topological polar surface area (TPSA) is 80.4 Å². The van der Waals surface area contributed by atoms with Crippen LogP contribution in [0, 0.1) is 0 Å². The zero-order valence-electron chi connectivity index (χ0n) is 8.42. The van der Waals surface area contributed by atoms with E-state index in [0.717, 1.165) is 5.39 Å². The zero-order chi connectivity index (χ0) is 11.8. The minimum atomic E-state index is -3.65. The van der Waals surface area contributed by atoms with E-state index in [9.17, 15) is 13.5 Å². The third kappa shape index (κ3) is 2.15. The summed E-state index contributed by atoms with van der Waals surface area (Å²) >= 11 is 0. The molecule has 0 aliphatic rings. The van der Waals surface area contributed by atoms with Crippen molar-refractivity contribution in [2.45, 2.75) is 5.75 Å². The fraction of sp³-hybridized carbons (Fsp3) is 0.0909. The van der Waals surface area contributed by atoms with Gasteiger partial charge < -0.3 is 5.11 Å². The third-order valence-corrected chi connectivity index (χ3v) is 3.05. The molecule has 4 nitrogen and oxygen atoms in total. The molecule has 16 heavy (non-hydrogen) atoms. The Morgan fingerprint density at radius 1 is 1.12 bits per heavy atom. The van der Waals surface area contributed by atoms with Crippen LogP contribution in [0.15, 0.2) is 36.4 Å². The van der Waals surface area contributed by atoms with Crippen LogP contribution < -0.4 is 5.14 Å². The van der Waals surface area contributed by atoms with Gasteiger partial charge in [0.25, 0.3) is 0 Å². The zero-order valence-corrected chi connectivity index (χ0v) is 9.24. The lowest BCUT2D eigenvalue weighted by Crippen LogP contribution is -2.14. The van der Waals surface area contributed by atoms with E-state index in [1.807, 2.05) is 12.1 Å². The number of phenolic OH excluding ortho intramolecular Hbond substituents is 1. The van der Waals surface area contributed by atoms with Gasteiger partial charge in [-0.05, 0) is 16.8 Å². The molecule has 2 aromatic rings. The molecule has 0 aromatic heterocycles. The summed E-state index contributed by atoms with van der Waals surface area (Å²) < 4.78 is 22.1. The van der Waals surface area contributed by atoms with Crippen molar-refractivity contribution >= 4 is 20.8 Å². The Balaban J connectivity index is 2.71. The molecular weight excluding hydrogens is 226 g/mol. The third-order valence-electron chi connectivity index (χ3n) is 2.36. The van der Waals surface area contributed by atoms with Gasteiger partial charge in [0, 0.05) is 5.56 Å². The molecule has 5 heteroatoms. The Morgan fingerprint density at radius 3 is 2.50 bits per heavy atom. The van der Waals surface area contributed by atoms with Crippen LogP contribution in [0.2, 0.25) is 0 Å². The van der Waals surface area contributed by atoms with E-state index in [1.165, 1.54) is 6.07 Å². The van der Waals surface area contributed by atoms with Gasteiger partial charge in [-0.25, -0.2) is 13.6 Å². The maximum Gasteiger partial charge on any atom is 0.213 e. The number of nitrogens with two attached hydrogens (primary N) is 1. The summed E-state index contributed by atoms with van der Waals surface area (Å²) in [6, 6.07) is 10.5. The molecule has 0 aliphatic carbocycles. The highest BCUT2D eigenvalue weighted by molar-refractivity contribution is 7.88. The summed E-state index contributed by atoms with van der Waals surface area (Å²) in [5.74, 6) is -0.409. The summed E-state index contributed by atoms with van der Waals surface area (Å²) in [5.41, 5.74) is 0.348. The maximum absolute atomic E-state index is 11.1. The number of fused-ring (bicyclic) bond motifs is 1. The van der Waals surface area contributed by atoms with E-state index in [0.29, 0.717) is 10.9 Å². The smallest absolute Gasteiger partial charge is 0.213 e. The number of hydrogen-bond acceptors (Lipinski definition) is 3. The van der Waals surface area contributed by atoms with Crippen molar-refractivity contribution in [3.8, 4) is 5.75 Å². The molecule has 2 aromatic carbocycles. The molecule has 0 bridgehead atoms. The Morgan fingerprint density at radius 2 is 1.81 bits per heavy atom. The summed E-state index contributed by atoms with van der Waals surface area (Å²) in [6.45, 7) is 0. The summed E-state index contributed by atoms with van der Waals surface area (Å²) in [5, 5.41) is 16.2. The van der Waals surface area contributed by atoms with Crippen molar-refractivity contribution in [1.82, 2.24) is 0 Å². The van der Waals surface area contributed by atoms with E-state index in [4.69, 9.17) is 5.14 Å². The first-order valence-corrected chi connectivity index (χ1v) is 6.39. The molecule has 0 atom stereocenters. The van der Waals surface area contributed by atoms with Crippen molar-refractivity contribution in [3.63, 3.8) is 0 Å². The molecule has 0 unspecified atom stereocenters. The lowest BCUT2D eigenvalue weighted by molar-refractivity contribution is 0.471. The number of sulfonamides is 1. The summed E-state index contributed by atoms with van der Waals surface area (Å²) in [6.07, 6.45) is 0. The number of rotatable bonds is 2. The molecule has 0 amide bonds. The Kier molecular flexibility index (Phi) is 2.57. The van der Waals surface area contributed by atoms with E-state index in [1.54, 1.807) is 18.2 Å². The first-order chi connectivity index (χ1) is 7.47. The minimum absolute atomic E-state index is 0.0484. The van der Waals surface area contributed by atoms with Gasteiger partial charge in [-0.1, -0.05) is 30.3 Å². The van der Waals surface area contributed by atoms with Crippen LogP contribution in [0.1, 0.15) is 5.56 Å². The highest BCUT2D eigenvalue weighted by atomic mass is 32.2. The second-order valence-corrected chi connectivity index (χ2v) is 5.21. The highest BCUT2D eigenvalue weighted by Crippen LogP contribution is 2.28. The number of primary sulfonamides is 1. The van der Waals surface area contributed by atoms with Crippen LogP contribution in [-0.4, -0.2) is 13.5 Å². The quantitative estimate of drug-likeness (QED) is 0.827. The number of hydrogen-bond donors (Lipinski definition) is 2. The van der Waals surface area contributed by atoms with Crippen molar-refractivity contribution in [2.24, 2.45) is 5.14 Å². The molecule has 3 N–H and O–H groups in total. The molecule has 0 heterocycles. The standard InChI is InChI=1S/C11H11NO3S/c12-16(14,15)7-10-9-4-2-1-3-8(9)5-6-11(10)13/h1-6,13H,7H2,(H2,12,14,15). The van der Waals surface area contributed by atoms with Gasteiger partial charge in [0.15, 0.2) is 0 Å². The Labute approximate surface area is 93.4 Å². The second-order valence-electron chi connectivity index (χ2n) is 3.59. The predicted molar refractivity (Wildman–Crippen MR) is 62.4 cm³/mol. The molecule has 0 radical (unpaired) electrons. The Bertz CT molecular complexity index is 635. The minimum Gasteiger partial charge on any atom is -0.508 e. The van der Waals surface area contributed by atoms with Gasteiger partial charge in [-0.2, -0.15) is 0 Å². The van der Waals surface area contributed by atoms with Crippen LogP contribution in [0.3, 0.4) is 0 Å². The molecule has 2 rings (SSSR count). The first-order valence-electron chi connectivity index (χ1n) is 4.67. The molecule has 84 valence electrons. The average Bonchev–Trinajstić information content (AvgIpc) is 2.21. The highest BCUT2D eigenvalue weighted by Gasteiger charge is 2.12. The van der Waals surface area contributed by atoms with Crippen molar-refractivity contribution < 1.29 is 13.5 Å². The van der Waals surface area contributed by atoms with Crippen molar-refractivity contribution in [2.75, 3.05) is 0 Å². The normalized spacial score (nSPS) is 11.8. The molecule has 0 aliphatic heterocycles. The second kappa shape index (κ2) is 3.77. The SMILES string of the molecule is NS(=O)(=O)Cc1c(O)ccc2ccccc12. The van der Waals surface area contributed by atoms with Gasteiger partial charge in [-0.3, -0.25) is 0 Å². The van der Waals surface area contributed by atoms with Crippen molar-refractivity contribution in [1.29, 1.82) is 0 Å². The first kappa shape index (κ1) is 10.9. The van der Waals surface area contributed by atoms with Crippen LogP contribution >= 0.6 is 0 Å². The van der Waals surface area contributed by atoms with E-state index < -0.39 is 10.0 Å². The largest absolute Gasteiger partial charge is 0.508 e. The number of benzene rings is 2. The van der Waals surface area contributed by atoms with Gasteiger partial charge in [0.2, 0.25) is 10.0 Å². The van der Waals surface area contributed by atoms with E-state index >= 15 is 0 Å². The monoisotopic (exact) mass is 237 g/mol. The maximum atomic E-state index is 11.1. The van der Waals surface area contributed by atoms with Gasteiger partial charge >= 0.3 is 0 Å². The lowest BCUT2D eigenvalue weighted by atomic mass is 10.0. The van der Waals surface area contributed by atoms with Crippen LogP contribution in [0.4, 0.5) is 0 Å². The fourth-order valence-electron chi connectivity index (χ4n) is 1.68. The average molecular weight is 237 g/mol. The molecular formula is C11H11NO3S.